The summed E-state index contributed by atoms with van der Waals surface area (Å²) < 4.78 is 5.54. The van der Waals surface area contributed by atoms with Crippen molar-refractivity contribution in [1.82, 2.24) is 15.5 Å². The van der Waals surface area contributed by atoms with Crippen LogP contribution in [0.1, 0.15) is 18.4 Å². The summed E-state index contributed by atoms with van der Waals surface area (Å²) in [6, 6.07) is 8.13. The van der Waals surface area contributed by atoms with Gasteiger partial charge < -0.3 is 20.3 Å². The van der Waals surface area contributed by atoms with E-state index >= 15 is 0 Å². The van der Waals surface area contributed by atoms with Crippen molar-refractivity contribution < 1.29 is 9.53 Å². The van der Waals surface area contributed by atoms with E-state index in [0.29, 0.717) is 18.3 Å². The van der Waals surface area contributed by atoms with Gasteiger partial charge in [-0.05, 0) is 30.5 Å². The molecule has 2 rings (SSSR count). The van der Waals surface area contributed by atoms with E-state index in [0.717, 1.165) is 24.4 Å². The van der Waals surface area contributed by atoms with Gasteiger partial charge >= 0.3 is 0 Å². The number of carbonyl (C=O) groups excluding carboxylic acids is 1. The summed E-state index contributed by atoms with van der Waals surface area (Å²) in [4.78, 5) is 17.3. The Hall–Kier alpha value is -2.50. The number of aliphatic imine (C=N–C) groups is 1. The number of guanidine groups is 1. The van der Waals surface area contributed by atoms with Crippen molar-refractivity contribution in [3.05, 3.63) is 42.0 Å². The lowest BCUT2D eigenvalue weighted by molar-refractivity contribution is -0.130. The van der Waals surface area contributed by atoms with Crippen LogP contribution >= 0.6 is 0 Å². The highest BCUT2D eigenvalue weighted by atomic mass is 16.5. The van der Waals surface area contributed by atoms with Gasteiger partial charge in [0, 0.05) is 33.7 Å². The van der Waals surface area contributed by atoms with Crippen molar-refractivity contribution in [2.24, 2.45) is 4.99 Å². The summed E-state index contributed by atoms with van der Waals surface area (Å²) in [5.74, 6) is 1.42. The van der Waals surface area contributed by atoms with Crippen LogP contribution in [0.5, 0.6) is 5.75 Å². The Labute approximate surface area is 143 Å². The molecule has 0 aromatic heterocycles. The minimum atomic E-state index is -0.0618. The third-order valence-electron chi connectivity index (χ3n) is 3.79. The second kappa shape index (κ2) is 8.96. The largest absolute Gasteiger partial charge is 0.484 e. The molecule has 0 heterocycles. The van der Waals surface area contributed by atoms with Crippen LogP contribution in [0.15, 0.2) is 41.4 Å². The van der Waals surface area contributed by atoms with Gasteiger partial charge in [-0.25, -0.2) is 0 Å². The number of nitrogens with zero attached hydrogens (tertiary/aromatic N) is 2. The van der Waals surface area contributed by atoms with Crippen LogP contribution in [-0.4, -0.2) is 50.6 Å². The second-order valence-electron chi connectivity index (χ2n) is 5.93. The molecule has 0 spiro atoms. The van der Waals surface area contributed by atoms with Crippen molar-refractivity contribution in [3.63, 3.8) is 0 Å². The maximum atomic E-state index is 11.6. The van der Waals surface area contributed by atoms with E-state index in [2.05, 4.69) is 27.8 Å². The number of carbonyl (C=O) groups is 1. The van der Waals surface area contributed by atoms with Crippen LogP contribution in [0.2, 0.25) is 0 Å². The van der Waals surface area contributed by atoms with Crippen LogP contribution in [0.4, 0.5) is 0 Å². The van der Waals surface area contributed by atoms with Gasteiger partial charge in [-0.1, -0.05) is 24.3 Å². The Morgan fingerprint density at radius 1 is 1.33 bits per heavy atom. The van der Waals surface area contributed by atoms with Crippen LogP contribution in [0, 0.1) is 0 Å². The lowest BCUT2D eigenvalue weighted by atomic mass is 10.2. The number of ether oxygens (including phenoxy) is 1. The Kier molecular flexibility index (Phi) is 6.66. The molecule has 0 fully saturated rings. The van der Waals surface area contributed by atoms with Crippen molar-refractivity contribution in [2.45, 2.75) is 25.4 Å². The fourth-order valence-electron chi connectivity index (χ4n) is 2.33. The van der Waals surface area contributed by atoms with Crippen molar-refractivity contribution in [3.8, 4) is 5.75 Å². The lowest BCUT2D eigenvalue weighted by Gasteiger charge is -2.17. The standard InChI is InChI=1S/C18H26N4O2/c1-19-18(21-15-8-4-5-9-15)20-12-14-7-6-10-16(11-14)24-13-17(23)22(2)3/h4-7,10-11,15H,8-9,12-13H2,1-3H3,(H2,19,20,21). The van der Waals surface area contributed by atoms with Gasteiger partial charge in [-0.2, -0.15) is 0 Å². The zero-order valence-electron chi connectivity index (χ0n) is 14.6. The lowest BCUT2D eigenvalue weighted by Crippen LogP contribution is -2.42. The summed E-state index contributed by atoms with van der Waals surface area (Å²) in [7, 11) is 5.19. The highest BCUT2D eigenvalue weighted by Crippen LogP contribution is 2.13. The van der Waals surface area contributed by atoms with E-state index in [-0.39, 0.29) is 12.5 Å². The van der Waals surface area contributed by atoms with Gasteiger partial charge in [0.05, 0.1) is 0 Å². The first kappa shape index (κ1) is 17.8. The minimum Gasteiger partial charge on any atom is -0.484 e. The third kappa shape index (κ3) is 5.61. The van der Waals surface area contributed by atoms with E-state index in [1.807, 2.05) is 24.3 Å². The number of benzene rings is 1. The molecule has 24 heavy (non-hydrogen) atoms. The van der Waals surface area contributed by atoms with Crippen LogP contribution in [0.25, 0.3) is 0 Å². The molecular formula is C18H26N4O2. The average molecular weight is 330 g/mol. The predicted octanol–water partition coefficient (Wildman–Crippen LogP) is 1.54. The molecule has 0 atom stereocenters. The summed E-state index contributed by atoms with van der Waals surface area (Å²) in [5.41, 5.74) is 1.07. The number of hydrogen-bond acceptors (Lipinski definition) is 3. The third-order valence-corrected chi connectivity index (χ3v) is 3.79. The van der Waals surface area contributed by atoms with Crippen LogP contribution in [-0.2, 0) is 11.3 Å². The van der Waals surface area contributed by atoms with Crippen molar-refractivity contribution in [2.75, 3.05) is 27.7 Å². The van der Waals surface area contributed by atoms with Crippen LogP contribution in [0.3, 0.4) is 0 Å². The zero-order valence-corrected chi connectivity index (χ0v) is 14.6. The molecule has 0 saturated carbocycles. The molecule has 0 saturated heterocycles. The molecule has 1 aromatic rings. The summed E-state index contributed by atoms with van der Waals surface area (Å²) in [6.45, 7) is 0.681. The molecule has 6 nitrogen and oxygen atoms in total. The number of likely N-dealkylation sites (N-methyl/N-ethyl adjacent to an activating group) is 1. The fraction of sp³-hybridized carbons (Fsp3) is 0.444. The monoisotopic (exact) mass is 330 g/mol. The van der Waals surface area contributed by atoms with Crippen molar-refractivity contribution in [1.29, 1.82) is 0 Å². The molecular weight excluding hydrogens is 304 g/mol. The highest BCUT2D eigenvalue weighted by molar-refractivity contribution is 5.80. The quantitative estimate of drug-likeness (QED) is 0.472. The van der Waals surface area contributed by atoms with Crippen molar-refractivity contribution >= 4 is 11.9 Å². The maximum absolute atomic E-state index is 11.6. The molecule has 0 aliphatic heterocycles. The minimum absolute atomic E-state index is 0.0434. The molecule has 1 amide bonds. The average Bonchev–Trinajstić information content (AvgIpc) is 3.09. The molecule has 0 radical (unpaired) electrons. The Morgan fingerprint density at radius 2 is 2.08 bits per heavy atom. The highest BCUT2D eigenvalue weighted by Gasteiger charge is 2.11. The molecule has 130 valence electrons. The molecule has 1 aromatic carbocycles. The maximum Gasteiger partial charge on any atom is 0.259 e. The smallest absolute Gasteiger partial charge is 0.259 e. The number of nitrogens with one attached hydrogen (secondary N) is 2. The summed E-state index contributed by atoms with van der Waals surface area (Å²) >= 11 is 0. The molecule has 0 bridgehead atoms. The Bertz CT molecular complexity index is 603. The van der Waals surface area contributed by atoms with E-state index in [4.69, 9.17) is 4.74 Å². The first-order chi connectivity index (χ1) is 11.6. The summed E-state index contributed by atoms with van der Waals surface area (Å²) in [6.07, 6.45) is 6.43. The van der Waals surface area contributed by atoms with Gasteiger partial charge in [0.15, 0.2) is 12.6 Å². The number of rotatable bonds is 6. The predicted molar refractivity (Wildman–Crippen MR) is 96.1 cm³/mol. The van der Waals surface area contributed by atoms with E-state index in [9.17, 15) is 4.79 Å². The van der Waals surface area contributed by atoms with Gasteiger partial charge in [-0.15, -0.1) is 0 Å². The zero-order chi connectivity index (χ0) is 17.4. The molecule has 6 heteroatoms. The van der Waals surface area contributed by atoms with E-state index in [1.165, 1.54) is 4.90 Å². The van der Waals surface area contributed by atoms with Crippen LogP contribution < -0.4 is 15.4 Å². The van der Waals surface area contributed by atoms with E-state index < -0.39 is 0 Å². The molecule has 0 unspecified atom stereocenters. The SMILES string of the molecule is CN=C(NCc1cccc(OCC(=O)N(C)C)c1)NC1CC=CC1. The summed E-state index contributed by atoms with van der Waals surface area (Å²) in [5, 5.41) is 6.70. The first-order valence-electron chi connectivity index (χ1n) is 8.12. The Balaban J connectivity index is 1.83. The van der Waals surface area contributed by atoms with E-state index in [1.54, 1.807) is 21.1 Å². The molecule has 2 N–H and O–H groups in total. The first-order valence-corrected chi connectivity index (χ1v) is 8.12. The van der Waals surface area contributed by atoms with Gasteiger partial charge in [0.2, 0.25) is 0 Å². The second-order valence-corrected chi connectivity index (χ2v) is 5.93. The topological polar surface area (TPSA) is 66.0 Å². The molecule has 1 aliphatic rings. The fourth-order valence-corrected chi connectivity index (χ4v) is 2.33. The number of hydrogen-bond donors (Lipinski definition) is 2. The van der Waals surface area contributed by atoms with Gasteiger partial charge in [0.25, 0.3) is 5.91 Å². The van der Waals surface area contributed by atoms with Gasteiger partial charge in [0.1, 0.15) is 5.75 Å². The van der Waals surface area contributed by atoms with Gasteiger partial charge in [-0.3, -0.25) is 9.79 Å². The molecule has 1 aliphatic carbocycles. The number of amides is 1. The Morgan fingerprint density at radius 3 is 2.75 bits per heavy atom. The normalized spacial score (nSPS) is 14.5.